The molecule has 4 nitrogen and oxygen atoms in total. The topological polar surface area (TPSA) is 70.2 Å². The Morgan fingerprint density at radius 2 is 2.07 bits per heavy atom. The Bertz CT molecular complexity index is 382. The molecular weight excluding hydrogens is 194 g/mol. The van der Waals surface area contributed by atoms with E-state index in [1.807, 2.05) is 6.07 Å². The van der Waals surface area contributed by atoms with E-state index in [4.69, 9.17) is 5.11 Å². The van der Waals surface area contributed by atoms with E-state index in [0.717, 1.165) is 18.5 Å². The highest BCUT2D eigenvalue weighted by Crippen LogP contribution is 2.21. The molecule has 1 heterocycles. The number of rotatable bonds is 3. The highest BCUT2D eigenvalue weighted by Gasteiger charge is 2.17. The van der Waals surface area contributed by atoms with Crippen LogP contribution in [0.1, 0.15) is 29.8 Å². The fourth-order valence-electron chi connectivity index (χ4n) is 2.01. The molecule has 0 aliphatic heterocycles. The summed E-state index contributed by atoms with van der Waals surface area (Å²) in [6.07, 6.45) is 4.36. The first-order valence-electron chi connectivity index (χ1n) is 5.12. The molecule has 2 rings (SSSR count). The Kier molecular flexibility index (Phi) is 2.58. The predicted molar refractivity (Wildman–Crippen MR) is 53.8 cm³/mol. The summed E-state index contributed by atoms with van der Waals surface area (Å²) in [7, 11) is 0. The van der Waals surface area contributed by atoms with E-state index in [1.165, 1.54) is 24.1 Å². The first-order chi connectivity index (χ1) is 7.16. The second kappa shape index (κ2) is 3.88. The van der Waals surface area contributed by atoms with Gasteiger partial charge in [0.15, 0.2) is 0 Å². The van der Waals surface area contributed by atoms with Gasteiger partial charge in [-0.3, -0.25) is 4.79 Å². The van der Waals surface area contributed by atoms with Gasteiger partial charge in [0, 0.05) is 11.4 Å². The summed E-state index contributed by atoms with van der Waals surface area (Å²) in [5.41, 5.74) is 3.15. The summed E-state index contributed by atoms with van der Waals surface area (Å²) >= 11 is 0. The van der Waals surface area contributed by atoms with E-state index < -0.39 is 11.8 Å². The van der Waals surface area contributed by atoms with Gasteiger partial charge in [-0.05, 0) is 37.3 Å². The number of nitrogens with one attached hydrogen (secondary N) is 1. The number of hydrogen-bond donors (Lipinski definition) is 2. The van der Waals surface area contributed by atoms with Crippen LogP contribution >= 0.6 is 0 Å². The van der Waals surface area contributed by atoms with Crippen molar-refractivity contribution in [2.75, 3.05) is 0 Å². The van der Waals surface area contributed by atoms with Gasteiger partial charge >= 0.3 is 5.97 Å². The molecule has 0 spiro atoms. The highest BCUT2D eigenvalue weighted by atomic mass is 16.4. The number of Topliss-reactive ketones (excluding diaryl/α,β-unsaturated/α-hetero) is 1. The predicted octanol–water partition coefficient (Wildman–Crippen LogP) is 1.09. The van der Waals surface area contributed by atoms with Crippen molar-refractivity contribution in [1.82, 2.24) is 4.98 Å². The number of carboxylic acid groups (broad SMARTS) is 1. The Balaban J connectivity index is 2.13. The van der Waals surface area contributed by atoms with Crippen molar-refractivity contribution in [1.29, 1.82) is 0 Å². The summed E-state index contributed by atoms with van der Waals surface area (Å²) in [6, 6.07) is 1.93. The lowest BCUT2D eigenvalue weighted by Crippen LogP contribution is -2.15. The largest absolute Gasteiger partial charge is 0.475 e. The second-order valence-electron chi connectivity index (χ2n) is 3.91. The van der Waals surface area contributed by atoms with Gasteiger partial charge in [0.1, 0.15) is 0 Å². The zero-order valence-corrected chi connectivity index (χ0v) is 8.38. The smallest absolute Gasteiger partial charge is 0.372 e. The minimum Gasteiger partial charge on any atom is -0.475 e. The minimum atomic E-state index is -1.36. The molecule has 1 aliphatic carbocycles. The molecule has 0 bridgehead atoms. The zero-order valence-electron chi connectivity index (χ0n) is 8.38. The number of carbonyl (C=O) groups excluding carboxylic acids is 1. The van der Waals surface area contributed by atoms with Crippen LogP contribution in [0.15, 0.2) is 6.07 Å². The number of hydrogen-bond acceptors (Lipinski definition) is 2. The van der Waals surface area contributed by atoms with Crippen LogP contribution in [0.2, 0.25) is 0 Å². The Hall–Kier alpha value is -1.58. The number of aryl methyl sites for hydroxylation is 2. The molecule has 0 saturated heterocycles. The average Bonchev–Trinajstić information content (AvgIpc) is 2.59. The van der Waals surface area contributed by atoms with Crippen LogP contribution in [0, 0.1) is 0 Å². The van der Waals surface area contributed by atoms with Crippen LogP contribution in [0.4, 0.5) is 0 Å². The molecule has 0 atom stereocenters. The first-order valence-corrected chi connectivity index (χ1v) is 5.12. The number of H-pyrrole nitrogens is 1. The van der Waals surface area contributed by atoms with Crippen LogP contribution in [-0.4, -0.2) is 21.8 Å². The molecule has 0 aromatic carbocycles. The monoisotopic (exact) mass is 207 g/mol. The third-order valence-electron chi connectivity index (χ3n) is 2.76. The number of aromatic amines is 1. The van der Waals surface area contributed by atoms with E-state index in [9.17, 15) is 9.59 Å². The maximum atomic E-state index is 11.0. The lowest BCUT2D eigenvalue weighted by molar-refractivity contribution is -0.148. The van der Waals surface area contributed by atoms with Gasteiger partial charge in [0.25, 0.3) is 0 Å². The minimum absolute atomic E-state index is 0.0255. The molecule has 0 radical (unpaired) electrons. The van der Waals surface area contributed by atoms with E-state index in [1.54, 1.807) is 0 Å². The maximum Gasteiger partial charge on any atom is 0.372 e. The van der Waals surface area contributed by atoms with E-state index in [0.29, 0.717) is 0 Å². The average molecular weight is 207 g/mol. The summed E-state index contributed by atoms with van der Waals surface area (Å²) in [5.74, 6) is -2.11. The normalized spacial score (nSPS) is 14.7. The van der Waals surface area contributed by atoms with Crippen molar-refractivity contribution in [3.63, 3.8) is 0 Å². The third kappa shape index (κ3) is 2.09. The molecule has 80 valence electrons. The van der Waals surface area contributed by atoms with Crippen molar-refractivity contribution in [2.24, 2.45) is 0 Å². The summed E-state index contributed by atoms with van der Waals surface area (Å²) in [4.78, 5) is 24.5. The summed E-state index contributed by atoms with van der Waals surface area (Å²) < 4.78 is 0. The Labute approximate surface area is 87.3 Å². The van der Waals surface area contributed by atoms with Crippen LogP contribution in [-0.2, 0) is 28.9 Å². The number of aromatic nitrogens is 1. The van der Waals surface area contributed by atoms with Crippen LogP contribution in [0.5, 0.6) is 0 Å². The molecule has 2 N–H and O–H groups in total. The molecule has 1 aliphatic rings. The van der Waals surface area contributed by atoms with E-state index in [2.05, 4.69) is 4.98 Å². The van der Waals surface area contributed by atoms with Crippen molar-refractivity contribution in [3.8, 4) is 0 Å². The molecule has 4 heteroatoms. The second-order valence-corrected chi connectivity index (χ2v) is 3.91. The third-order valence-corrected chi connectivity index (χ3v) is 2.76. The summed E-state index contributed by atoms with van der Waals surface area (Å²) in [5, 5.41) is 8.48. The Morgan fingerprint density at radius 3 is 2.73 bits per heavy atom. The maximum absolute atomic E-state index is 11.0. The number of aliphatic carboxylic acids is 1. The zero-order chi connectivity index (χ0) is 10.8. The molecule has 0 fully saturated rings. The molecule has 0 saturated carbocycles. The van der Waals surface area contributed by atoms with Crippen molar-refractivity contribution in [3.05, 3.63) is 23.0 Å². The Morgan fingerprint density at radius 1 is 1.33 bits per heavy atom. The van der Waals surface area contributed by atoms with E-state index >= 15 is 0 Å². The SMILES string of the molecule is O=C(O)C(=O)Cc1cc2c([nH]1)CCCC2. The van der Waals surface area contributed by atoms with Gasteiger partial charge in [-0.1, -0.05) is 0 Å². The molecule has 1 aromatic heterocycles. The molecule has 0 amide bonds. The summed E-state index contributed by atoms with van der Waals surface area (Å²) in [6.45, 7) is 0. The van der Waals surface area contributed by atoms with Crippen molar-refractivity contribution < 1.29 is 14.7 Å². The van der Waals surface area contributed by atoms with Gasteiger partial charge < -0.3 is 10.1 Å². The van der Waals surface area contributed by atoms with Gasteiger partial charge in [0.05, 0.1) is 6.42 Å². The van der Waals surface area contributed by atoms with Crippen LogP contribution < -0.4 is 0 Å². The van der Waals surface area contributed by atoms with Gasteiger partial charge in [-0.15, -0.1) is 0 Å². The van der Waals surface area contributed by atoms with Gasteiger partial charge in [-0.2, -0.15) is 0 Å². The molecular formula is C11H13NO3. The number of carbonyl (C=O) groups is 2. The standard InChI is InChI=1S/C11H13NO3/c13-10(11(14)15)6-8-5-7-3-1-2-4-9(7)12-8/h5,12H,1-4,6H2,(H,14,15). The number of carboxylic acids is 1. The van der Waals surface area contributed by atoms with Crippen molar-refractivity contribution in [2.45, 2.75) is 32.1 Å². The molecule has 0 unspecified atom stereocenters. The lowest BCUT2D eigenvalue weighted by Gasteiger charge is -2.09. The quantitative estimate of drug-likeness (QED) is 0.729. The van der Waals surface area contributed by atoms with Gasteiger partial charge in [0.2, 0.25) is 5.78 Å². The lowest BCUT2D eigenvalue weighted by atomic mass is 9.98. The molecule has 1 aromatic rings. The molecule has 15 heavy (non-hydrogen) atoms. The van der Waals surface area contributed by atoms with Crippen LogP contribution in [0.3, 0.4) is 0 Å². The number of fused-ring (bicyclic) bond motifs is 1. The number of ketones is 1. The van der Waals surface area contributed by atoms with Crippen LogP contribution in [0.25, 0.3) is 0 Å². The fourth-order valence-corrected chi connectivity index (χ4v) is 2.01. The highest BCUT2D eigenvalue weighted by molar-refractivity contribution is 6.33. The van der Waals surface area contributed by atoms with Gasteiger partial charge in [-0.25, -0.2) is 4.79 Å². The van der Waals surface area contributed by atoms with Crippen molar-refractivity contribution >= 4 is 11.8 Å². The fraction of sp³-hybridized carbons (Fsp3) is 0.455. The first kappa shape index (κ1) is 9.96. The van der Waals surface area contributed by atoms with E-state index in [-0.39, 0.29) is 6.42 Å².